The molecule has 1 heterocycles. The van der Waals surface area contributed by atoms with Crippen molar-refractivity contribution in [2.75, 3.05) is 4.90 Å². The minimum atomic E-state index is 0.0998. The van der Waals surface area contributed by atoms with Crippen molar-refractivity contribution in [1.82, 2.24) is 0 Å². The van der Waals surface area contributed by atoms with Gasteiger partial charge in [0.25, 0.3) is 5.91 Å². The first-order valence-electron chi connectivity index (χ1n) is 7.59. The fraction of sp³-hybridized carbons (Fsp3) is 0.316. The second-order valence-electron chi connectivity index (χ2n) is 6.13. The number of hydrogen-bond donors (Lipinski definition) is 0. The zero-order chi connectivity index (χ0) is 15.0. The maximum absolute atomic E-state index is 12.8. The van der Waals surface area contributed by atoms with E-state index in [1.807, 2.05) is 35.2 Å². The minimum Gasteiger partial charge on any atom is -0.305 e. The van der Waals surface area contributed by atoms with E-state index >= 15 is 0 Å². The van der Waals surface area contributed by atoms with Crippen molar-refractivity contribution in [2.24, 2.45) is 0 Å². The molecule has 0 saturated heterocycles. The molecular formula is C19H21NO. The van der Waals surface area contributed by atoms with Gasteiger partial charge in [-0.3, -0.25) is 4.79 Å². The normalized spacial score (nSPS) is 17.1. The van der Waals surface area contributed by atoms with Crippen LogP contribution in [0.4, 0.5) is 5.69 Å². The Morgan fingerprint density at radius 1 is 1.10 bits per heavy atom. The van der Waals surface area contributed by atoms with Crippen LogP contribution in [0.2, 0.25) is 0 Å². The maximum atomic E-state index is 12.8. The molecule has 0 saturated carbocycles. The maximum Gasteiger partial charge on any atom is 0.258 e. The lowest BCUT2D eigenvalue weighted by molar-refractivity contribution is 0.0981. The molecule has 0 spiro atoms. The van der Waals surface area contributed by atoms with Crippen LogP contribution in [0.3, 0.4) is 0 Å². The van der Waals surface area contributed by atoms with Crippen molar-refractivity contribution >= 4 is 11.6 Å². The highest BCUT2D eigenvalue weighted by atomic mass is 16.2. The number of carbonyl (C=O) groups is 1. The number of anilines is 1. The highest BCUT2D eigenvalue weighted by Gasteiger charge is 2.31. The molecule has 0 radical (unpaired) electrons. The van der Waals surface area contributed by atoms with Gasteiger partial charge in [-0.2, -0.15) is 0 Å². The Morgan fingerprint density at radius 2 is 1.76 bits per heavy atom. The molecule has 0 bridgehead atoms. The highest BCUT2D eigenvalue weighted by molar-refractivity contribution is 6.07. The molecule has 0 aromatic heterocycles. The van der Waals surface area contributed by atoms with Gasteiger partial charge in [0.05, 0.1) is 0 Å². The molecule has 1 unspecified atom stereocenters. The van der Waals surface area contributed by atoms with E-state index in [-0.39, 0.29) is 11.9 Å². The van der Waals surface area contributed by atoms with Gasteiger partial charge in [-0.05, 0) is 48.6 Å². The van der Waals surface area contributed by atoms with Gasteiger partial charge in [-0.15, -0.1) is 0 Å². The summed E-state index contributed by atoms with van der Waals surface area (Å²) in [5, 5.41) is 0. The topological polar surface area (TPSA) is 20.3 Å². The van der Waals surface area contributed by atoms with Crippen LogP contribution >= 0.6 is 0 Å². The SMILES string of the molecule is CC(C)c1ccc(C(=O)N2c3ccccc3CC2C)cc1. The molecule has 0 fully saturated rings. The smallest absolute Gasteiger partial charge is 0.258 e. The van der Waals surface area contributed by atoms with Gasteiger partial charge in [-0.25, -0.2) is 0 Å². The predicted octanol–water partition coefficient (Wildman–Crippen LogP) is 4.40. The van der Waals surface area contributed by atoms with Crippen LogP contribution in [0.15, 0.2) is 48.5 Å². The summed E-state index contributed by atoms with van der Waals surface area (Å²) in [5.74, 6) is 0.586. The molecule has 108 valence electrons. The van der Waals surface area contributed by atoms with E-state index in [2.05, 4.69) is 39.0 Å². The number of nitrogens with zero attached hydrogens (tertiary/aromatic N) is 1. The first-order chi connectivity index (χ1) is 10.1. The van der Waals surface area contributed by atoms with Crippen LogP contribution in [0.1, 0.15) is 48.2 Å². The van der Waals surface area contributed by atoms with Crippen LogP contribution in [-0.4, -0.2) is 11.9 Å². The fourth-order valence-electron chi connectivity index (χ4n) is 3.02. The van der Waals surface area contributed by atoms with Crippen molar-refractivity contribution in [3.8, 4) is 0 Å². The standard InChI is InChI=1S/C19H21NO/c1-13(2)15-8-10-16(11-9-15)19(21)20-14(3)12-17-6-4-5-7-18(17)20/h4-11,13-14H,12H2,1-3H3. The second-order valence-corrected chi connectivity index (χ2v) is 6.13. The summed E-state index contributed by atoms with van der Waals surface area (Å²) in [6.45, 7) is 6.44. The summed E-state index contributed by atoms with van der Waals surface area (Å²) >= 11 is 0. The lowest BCUT2D eigenvalue weighted by Crippen LogP contribution is -2.35. The first kappa shape index (κ1) is 13.9. The zero-order valence-electron chi connectivity index (χ0n) is 12.8. The molecular weight excluding hydrogens is 258 g/mol. The molecule has 2 heteroatoms. The van der Waals surface area contributed by atoms with E-state index < -0.39 is 0 Å². The highest BCUT2D eigenvalue weighted by Crippen LogP contribution is 2.33. The van der Waals surface area contributed by atoms with Crippen LogP contribution in [0, 0.1) is 0 Å². The third-order valence-electron chi connectivity index (χ3n) is 4.25. The van der Waals surface area contributed by atoms with Crippen molar-refractivity contribution < 1.29 is 4.79 Å². The molecule has 1 atom stereocenters. The monoisotopic (exact) mass is 279 g/mol. The van der Waals surface area contributed by atoms with Gasteiger partial charge in [0, 0.05) is 17.3 Å². The van der Waals surface area contributed by atoms with Crippen molar-refractivity contribution in [2.45, 2.75) is 39.2 Å². The van der Waals surface area contributed by atoms with E-state index in [1.165, 1.54) is 11.1 Å². The van der Waals surface area contributed by atoms with E-state index in [1.54, 1.807) is 0 Å². The van der Waals surface area contributed by atoms with Gasteiger partial charge in [-0.1, -0.05) is 44.2 Å². The molecule has 1 amide bonds. The predicted molar refractivity (Wildman–Crippen MR) is 86.9 cm³/mol. The Bertz CT molecular complexity index is 658. The second kappa shape index (κ2) is 5.36. The van der Waals surface area contributed by atoms with Crippen LogP contribution in [-0.2, 0) is 6.42 Å². The molecule has 2 aromatic carbocycles. The van der Waals surface area contributed by atoms with Gasteiger partial charge in [0.2, 0.25) is 0 Å². The van der Waals surface area contributed by atoms with Crippen molar-refractivity contribution in [1.29, 1.82) is 0 Å². The summed E-state index contributed by atoms with van der Waals surface area (Å²) in [5.41, 5.74) is 4.35. The Balaban J connectivity index is 1.92. The average molecular weight is 279 g/mol. The van der Waals surface area contributed by atoms with Gasteiger partial charge < -0.3 is 4.90 Å². The molecule has 21 heavy (non-hydrogen) atoms. The third kappa shape index (κ3) is 2.46. The molecule has 2 aromatic rings. The van der Waals surface area contributed by atoms with E-state index in [4.69, 9.17) is 0 Å². The molecule has 1 aliphatic rings. The number of benzene rings is 2. The Labute approximate surface area is 126 Å². The van der Waals surface area contributed by atoms with Crippen LogP contribution in [0.5, 0.6) is 0 Å². The third-order valence-corrected chi connectivity index (χ3v) is 4.25. The van der Waals surface area contributed by atoms with Gasteiger partial charge >= 0.3 is 0 Å². The summed E-state index contributed by atoms with van der Waals surface area (Å²) in [6, 6.07) is 16.4. The summed E-state index contributed by atoms with van der Waals surface area (Å²) in [6.07, 6.45) is 0.936. The summed E-state index contributed by atoms with van der Waals surface area (Å²) < 4.78 is 0. The Kier molecular flexibility index (Phi) is 3.54. The van der Waals surface area contributed by atoms with Crippen LogP contribution < -0.4 is 4.90 Å². The number of amides is 1. The lowest BCUT2D eigenvalue weighted by atomic mass is 10.0. The number of fused-ring (bicyclic) bond motifs is 1. The number of para-hydroxylation sites is 1. The van der Waals surface area contributed by atoms with E-state index in [0.717, 1.165) is 17.7 Å². The zero-order valence-corrected chi connectivity index (χ0v) is 12.8. The molecule has 1 aliphatic heterocycles. The van der Waals surface area contributed by atoms with E-state index in [9.17, 15) is 4.79 Å². The molecule has 0 aliphatic carbocycles. The molecule has 3 rings (SSSR count). The number of rotatable bonds is 2. The molecule has 0 N–H and O–H groups in total. The average Bonchev–Trinajstić information content (AvgIpc) is 2.82. The fourth-order valence-corrected chi connectivity index (χ4v) is 3.02. The minimum absolute atomic E-state index is 0.0998. The number of carbonyl (C=O) groups excluding carboxylic acids is 1. The number of hydrogen-bond acceptors (Lipinski definition) is 1. The Morgan fingerprint density at radius 3 is 2.43 bits per heavy atom. The van der Waals surface area contributed by atoms with Gasteiger partial charge in [0.1, 0.15) is 0 Å². The van der Waals surface area contributed by atoms with E-state index in [0.29, 0.717) is 5.92 Å². The summed E-state index contributed by atoms with van der Waals surface area (Å²) in [7, 11) is 0. The van der Waals surface area contributed by atoms with Gasteiger partial charge in [0.15, 0.2) is 0 Å². The quantitative estimate of drug-likeness (QED) is 0.797. The Hall–Kier alpha value is -2.09. The largest absolute Gasteiger partial charge is 0.305 e. The molecule has 2 nitrogen and oxygen atoms in total. The van der Waals surface area contributed by atoms with Crippen molar-refractivity contribution in [3.63, 3.8) is 0 Å². The first-order valence-corrected chi connectivity index (χ1v) is 7.59. The van der Waals surface area contributed by atoms with Crippen molar-refractivity contribution in [3.05, 3.63) is 65.2 Å². The lowest BCUT2D eigenvalue weighted by Gasteiger charge is -2.23. The van der Waals surface area contributed by atoms with Crippen LogP contribution in [0.25, 0.3) is 0 Å². The summed E-state index contributed by atoms with van der Waals surface area (Å²) in [4.78, 5) is 14.8.